The zero-order chi connectivity index (χ0) is 19.4. The molecule has 1 radical (unpaired) electrons. The van der Waals surface area contributed by atoms with Gasteiger partial charge in [0.1, 0.15) is 11.5 Å². The molecule has 0 fully saturated rings. The molecule has 0 spiro atoms. The summed E-state index contributed by atoms with van der Waals surface area (Å²) in [5.74, 6) is 0.426. The van der Waals surface area contributed by atoms with Gasteiger partial charge in [-0.05, 0) is 62.1 Å². The summed E-state index contributed by atoms with van der Waals surface area (Å²) < 4.78 is 43.7. The van der Waals surface area contributed by atoms with Crippen molar-refractivity contribution in [2.24, 2.45) is 5.73 Å². The largest absolute Gasteiger partial charge is 0.457 e. The second-order valence-electron chi connectivity index (χ2n) is 6.25. The van der Waals surface area contributed by atoms with E-state index in [0.29, 0.717) is 30.0 Å². The predicted molar refractivity (Wildman–Crippen MR) is 95.3 cm³/mol. The van der Waals surface area contributed by atoms with E-state index in [1.807, 2.05) is 0 Å². The van der Waals surface area contributed by atoms with Gasteiger partial charge in [-0.25, -0.2) is 0 Å². The third-order valence-electron chi connectivity index (χ3n) is 3.86. The van der Waals surface area contributed by atoms with Crippen LogP contribution in [0.1, 0.15) is 24.0 Å². The number of halogens is 4. The van der Waals surface area contributed by atoms with Crippen LogP contribution in [0.25, 0.3) is 0 Å². The molecular formula is C19H20ClF3NO2. The minimum absolute atomic E-state index is 0.0801. The molecule has 0 aliphatic rings. The molecule has 3 nitrogen and oxygen atoms in total. The van der Waals surface area contributed by atoms with Crippen LogP contribution in [0, 0.1) is 6.92 Å². The molecule has 0 saturated heterocycles. The number of benzene rings is 2. The van der Waals surface area contributed by atoms with Gasteiger partial charge >= 0.3 is 6.18 Å². The third-order valence-corrected chi connectivity index (χ3v) is 4.21. The quantitative estimate of drug-likeness (QED) is 0.704. The standard InChI is InChI=1S/C19H20ClF3NO2/c1-18(24,12-25)9-3-4-13-7-8-16(11-17(13)20)26-15-6-2-5-14(10-15)19(21,22)23/h2,5-8,10-11,25H,1,3-4,9,12,24H2. The van der Waals surface area contributed by atoms with E-state index in [1.165, 1.54) is 12.1 Å². The molecule has 0 bridgehead atoms. The first-order chi connectivity index (χ1) is 12.1. The van der Waals surface area contributed by atoms with Crippen molar-refractivity contribution in [1.82, 2.24) is 0 Å². The highest BCUT2D eigenvalue weighted by Crippen LogP contribution is 2.33. The SMILES string of the molecule is [CH2]C(N)(CO)CCCc1ccc(Oc2cccc(C(F)(F)F)c2)cc1Cl. The number of ether oxygens (including phenoxy) is 1. The lowest BCUT2D eigenvalue weighted by molar-refractivity contribution is -0.137. The number of alkyl halides is 3. The molecule has 0 aliphatic carbocycles. The van der Waals surface area contributed by atoms with Crippen molar-refractivity contribution in [3.8, 4) is 11.5 Å². The highest BCUT2D eigenvalue weighted by molar-refractivity contribution is 6.31. The number of aliphatic hydroxyl groups is 1. The summed E-state index contributed by atoms with van der Waals surface area (Å²) in [6.45, 7) is 3.52. The van der Waals surface area contributed by atoms with Gasteiger partial charge in [-0.3, -0.25) is 0 Å². The number of aliphatic hydroxyl groups excluding tert-OH is 1. The average molecular weight is 387 g/mol. The predicted octanol–water partition coefficient (Wildman–Crippen LogP) is 5.00. The molecule has 0 saturated carbocycles. The van der Waals surface area contributed by atoms with Crippen LogP contribution in [0.5, 0.6) is 11.5 Å². The molecule has 141 valence electrons. The summed E-state index contributed by atoms with van der Waals surface area (Å²) >= 11 is 6.23. The van der Waals surface area contributed by atoms with E-state index in [-0.39, 0.29) is 12.4 Å². The molecule has 1 unspecified atom stereocenters. The summed E-state index contributed by atoms with van der Waals surface area (Å²) in [7, 11) is 0. The molecule has 1 atom stereocenters. The lowest BCUT2D eigenvalue weighted by atomic mass is 9.95. The van der Waals surface area contributed by atoms with Crippen LogP contribution in [0.2, 0.25) is 5.02 Å². The number of hydrogen-bond donors (Lipinski definition) is 2. The fourth-order valence-corrected chi connectivity index (χ4v) is 2.64. The maximum atomic E-state index is 12.7. The number of hydrogen-bond acceptors (Lipinski definition) is 3. The molecule has 2 aromatic carbocycles. The van der Waals surface area contributed by atoms with Crippen molar-refractivity contribution in [1.29, 1.82) is 0 Å². The molecule has 0 aromatic heterocycles. The van der Waals surface area contributed by atoms with Crippen molar-refractivity contribution >= 4 is 11.6 Å². The van der Waals surface area contributed by atoms with E-state index in [2.05, 4.69) is 6.92 Å². The minimum Gasteiger partial charge on any atom is -0.457 e. The van der Waals surface area contributed by atoms with E-state index in [0.717, 1.165) is 17.7 Å². The van der Waals surface area contributed by atoms with Gasteiger partial charge in [-0.2, -0.15) is 13.2 Å². The maximum absolute atomic E-state index is 12.7. The monoisotopic (exact) mass is 386 g/mol. The first-order valence-corrected chi connectivity index (χ1v) is 8.37. The highest BCUT2D eigenvalue weighted by Gasteiger charge is 2.30. The smallest absolute Gasteiger partial charge is 0.416 e. The molecule has 2 aromatic rings. The van der Waals surface area contributed by atoms with Crippen LogP contribution >= 0.6 is 11.6 Å². The fraction of sp³-hybridized carbons (Fsp3) is 0.316. The van der Waals surface area contributed by atoms with E-state index in [4.69, 9.17) is 27.2 Å². The Bertz CT molecular complexity index is 748. The van der Waals surface area contributed by atoms with E-state index < -0.39 is 17.3 Å². The first kappa shape index (κ1) is 20.6. The number of rotatable bonds is 7. The fourth-order valence-electron chi connectivity index (χ4n) is 2.38. The summed E-state index contributed by atoms with van der Waals surface area (Å²) in [5.41, 5.74) is 4.98. The number of aryl methyl sites for hydroxylation is 1. The van der Waals surface area contributed by atoms with Gasteiger partial charge in [0.2, 0.25) is 0 Å². The van der Waals surface area contributed by atoms with Crippen LogP contribution < -0.4 is 10.5 Å². The average Bonchev–Trinajstić information content (AvgIpc) is 2.56. The van der Waals surface area contributed by atoms with Crippen molar-refractivity contribution in [2.45, 2.75) is 31.0 Å². The Morgan fingerprint density at radius 3 is 2.42 bits per heavy atom. The molecule has 0 amide bonds. The van der Waals surface area contributed by atoms with Crippen LogP contribution in [0.15, 0.2) is 42.5 Å². The summed E-state index contributed by atoms with van der Waals surface area (Å²) in [4.78, 5) is 0. The summed E-state index contributed by atoms with van der Waals surface area (Å²) in [6.07, 6.45) is -2.57. The van der Waals surface area contributed by atoms with Gasteiger partial charge in [0.05, 0.1) is 12.2 Å². The Labute approximate surface area is 155 Å². The van der Waals surface area contributed by atoms with E-state index >= 15 is 0 Å². The van der Waals surface area contributed by atoms with E-state index in [9.17, 15) is 13.2 Å². The zero-order valence-electron chi connectivity index (χ0n) is 14.0. The third kappa shape index (κ3) is 5.90. The van der Waals surface area contributed by atoms with Gasteiger partial charge in [-0.15, -0.1) is 0 Å². The summed E-state index contributed by atoms with van der Waals surface area (Å²) in [6, 6.07) is 9.61. The Kier molecular flexibility index (Phi) is 6.55. The summed E-state index contributed by atoms with van der Waals surface area (Å²) in [5, 5.41) is 9.54. The Balaban J connectivity index is 2.03. The number of nitrogens with two attached hydrogens (primary N) is 1. The maximum Gasteiger partial charge on any atom is 0.416 e. The van der Waals surface area contributed by atoms with E-state index in [1.54, 1.807) is 18.2 Å². The molecular weight excluding hydrogens is 367 g/mol. The van der Waals surface area contributed by atoms with Gasteiger partial charge in [0.15, 0.2) is 0 Å². The highest BCUT2D eigenvalue weighted by atomic mass is 35.5. The van der Waals surface area contributed by atoms with Crippen LogP contribution in [0.3, 0.4) is 0 Å². The van der Waals surface area contributed by atoms with Crippen LogP contribution in [-0.4, -0.2) is 17.3 Å². The van der Waals surface area contributed by atoms with Gasteiger partial charge in [0, 0.05) is 10.6 Å². The van der Waals surface area contributed by atoms with Gasteiger partial charge in [0.25, 0.3) is 0 Å². The molecule has 0 aliphatic heterocycles. The Morgan fingerprint density at radius 1 is 1.12 bits per heavy atom. The topological polar surface area (TPSA) is 55.5 Å². The van der Waals surface area contributed by atoms with Gasteiger partial charge < -0.3 is 15.6 Å². The Morgan fingerprint density at radius 2 is 1.81 bits per heavy atom. The zero-order valence-corrected chi connectivity index (χ0v) is 14.8. The second-order valence-corrected chi connectivity index (χ2v) is 6.66. The van der Waals surface area contributed by atoms with Crippen molar-refractivity contribution < 1.29 is 23.0 Å². The molecule has 3 N–H and O–H groups in total. The van der Waals surface area contributed by atoms with Crippen molar-refractivity contribution in [3.63, 3.8) is 0 Å². The minimum atomic E-state index is -4.43. The van der Waals surface area contributed by atoms with Crippen molar-refractivity contribution in [2.75, 3.05) is 6.61 Å². The lowest BCUT2D eigenvalue weighted by Gasteiger charge is -2.21. The molecule has 7 heteroatoms. The van der Waals surface area contributed by atoms with Crippen LogP contribution in [-0.2, 0) is 12.6 Å². The van der Waals surface area contributed by atoms with Crippen molar-refractivity contribution in [3.05, 3.63) is 65.5 Å². The Hall–Kier alpha value is -1.76. The second kappa shape index (κ2) is 8.29. The normalized spacial score (nSPS) is 14.1. The van der Waals surface area contributed by atoms with Crippen LogP contribution in [0.4, 0.5) is 13.2 Å². The molecule has 26 heavy (non-hydrogen) atoms. The molecule has 0 heterocycles. The first-order valence-electron chi connectivity index (χ1n) is 7.99. The molecule has 2 rings (SSSR count). The van der Waals surface area contributed by atoms with Gasteiger partial charge in [-0.1, -0.05) is 23.7 Å². The lowest BCUT2D eigenvalue weighted by Crippen LogP contribution is -2.40.